The van der Waals surface area contributed by atoms with Crippen molar-refractivity contribution >= 4 is 29.1 Å². The highest BCUT2D eigenvalue weighted by atomic mass is 35.5. The maximum absolute atomic E-state index is 12.1. The fourth-order valence-corrected chi connectivity index (χ4v) is 3.21. The Kier molecular flexibility index (Phi) is 6.72. The average molecular weight is 416 g/mol. The molecule has 2 amide bonds. The zero-order chi connectivity index (χ0) is 20.8. The Bertz CT molecular complexity index is 928. The lowest BCUT2D eigenvalue weighted by Crippen LogP contribution is -2.37. The molecule has 0 bridgehead atoms. The van der Waals surface area contributed by atoms with Crippen molar-refractivity contribution in [1.29, 1.82) is 0 Å². The second-order valence-electron chi connectivity index (χ2n) is 6.87. The van der Waals surface area contributed by atoms with Gasteiger partial charge in [-0.1, -0.05) is 23.7 Å². The van der Waals surface area contributed by atoms with Crippen LogP contribution in [0.5, 0.6) is 11.5 Å². The summed E-state index contributed by atoms with van der Waals surface area (Å²) in [6.45, 7) is 1.74. The minimum atomic E-state index is -0.254. The molecule has 1 unspecified atom stereocenters. The number of amides is 2. The lowest BCUT2D eigenvalue weighted by atomic mass is 10.0. The molecular weight excluding hydrogens is 394 g/mol. The van der Waals surface area contributed by atoms with Gasteiger partial charge in [0.25, 0.3) is 5.91 Å². The fraction of sp³-hybridized carbons (Fsp3) is 0.286. The number of aromatic hydroxyl groups is 1. The number of ether oxygens (including phenoxy) is 1. The van der Waals surface area contributed by atoms with Gasteiger partial charge >= 0.3 is 0 Å². The van der Waals surface area contributed by atoms with Gasteiger partial charge in [0.1, 0.15) is 11.5 Å². The third-order valence-electron chi connectivity index (χ3n) is 4.41. The molecule has 0 saturated carbocycles. The van der Waals surface area contributed by atoms with Crippen molar-refractivity contribution < 1.29 is 19.4 Å². The Hall–Kier alpha value is -3.06. The smallest absolute Gasteiger partial charge is 0.258 e. The van der Waals surface area contributed by atoms with Gasteiger partial charge < -0.3 is 15.2 Å². The fourth-order valence-electron chi connectivity index (χ4n) is 2.98. The minimum Gasteiger partial charge on any atom is -0.508 e. The number of nitrogens with one attached hydrogen (secondary N) is 2. The molecular formula is C21H22ClN3O4. The second kappa shape index (κ2) is 9.43. The van der Waals surface area contributed by atoms with Crippen LogP contribution in [-0.4, -0.2) is 35.3 Å². The summed E-state index contributed by atoms with van der Waals surface area (Å²) in [5, 5.41) is 16.6. The molecule has 0 aromatic heterocycles. The molecule has 8 heteroatoms. The van der Waals surface area contributed by atoms with Gasteiger partial charge in [0.2, 0.25) is 5.91 Å². The number of phenolic OH excluding ortho intramolecular Hbond substituents is 1. The van der Waals surface area contributed by atoms with Crippen LogP contribution in [0.1, 0.15) is 30.9 Å². The van der Waals surface area contributed by atoms with E-state index in [1.165, 1.54) is 0 Å². The van der Waals surface area contributed by atoms with Crippen LogP contribution in [0.4, 0.5) is 0 Å². The molecule has 0 saturated heterocycles. The summed E-state index contributed by atoms with van der Waals surface area (Å²) in [6.07, 6.45) is 1.57. The minimum absolute atomic E-state index is 0.0898. The zero-order valence-electron chi connectivity index (χ0n) is 15.9. The molecule has 1 aliphatic rings. The highest BCUT2D eigenvalue weighted by Gasteiger charge is 2.15. The first kappa shape index (κ1) is 20.7. The molecule has 1 heterocycles. The number of nitrogens with zero attached hydrogens (tertiary/aromatic N) is 1. The van der Waals surface area contributed by atoms with Crippen molar-refractivity contribution in [2.75, 3.05) is 6.61 Å². The zero-order valence-corrected chi connectivity index (χ0v) is 16.7. The number of carbonyl (C=O) groups excluding carboxylic acids is 2. The van der Waals surface area contributed by atoms with Crippen molar-refractivity contribution in [2.24, 2.45) is 5.10 Å². The lowest BCUT2D eigenvalue weighted by Gasteiger charge is -2.16. The Morgan fingerprint density at radius 3 is 2.69 bits per heavy atom. The normalized spacial score (nSPS) is 14.6. The SMILES string of the molecule is CC(Cc1ccc(O)cc1)NC(=O)COc1ccc(C2=NNC(=O)CC2)cc1Cl. The van der Waals surface area contributed by atoms with E-state index in [1.807, 2.05) is 19.1 Å². The molecule has 2 aromatic carbocycles. The van der Waals surface area contributed by atoms with Gasteiger partial charge in [-0.2, -0.15) is 5.10 Å². The van der Waals surface area contributed by atoms with Crippen LogP contribution in [0.25, 0.3) is 0 Å². The topological polar surface area (TPSA) is 100 Å². The van der Waals surface area contributed by atoms with Crippen molar-refractivity contribution in [3.8, 4) is 11.5 Å². The number of carbonyl (C=O) groups is 2. The van der Waals surface area contributed by atoms with Gasteiger partial charge in [-0.25, -0.2) is 5.43 Å². The maximum atomic E-state index is 12.1. The van der Waals surface area contributed by atoms with Crippen LogP contribution in [0.15, 0.2) is 47.6 Å². The number of hydrazone groups is 1. The number of benzene rings is 2. The summed E-state index contributed by atoms with van der Waals surface area (Å²) < 4.78 is 5.54. The third-order valence-corrected chi connectivity index (χ3v) is 4.71. The monoisotopic (exact) mass is 415 g/mol. The number of halogens is 1. The average Bonchev–Trinajstić information content (AvgIpc) is 2.69. The summed E-state index contributed by atoms with van der Waals surface area (Å²) in [4.78, 5) is 23.3. The predicted octanol–water partition coefficient (Wildman–Crippen LogP) is 2.79. The highest BCUT2D eigenvalue weighted by molar-refractivity contribution is 6.32. The molecule has 1 aliphatic heterocycles. The molecule has 0 fully saturated rings. The van der Waals surface area contributed by atoms with Gasteiger partial charge in [-0.05, 0) is 54.8 Å². The maximum Gasteiger partial charge on any atom is 0.258 e. The van der Waals surface area contributed by atoms with E-state index in [0.717, 1.165) is 16.8 Å². The van der Waals surface area contributed by atoms with E-state index in [4.69, 9.17) is 16.3 Å². The molecule has 3 rings (SSSR count). The van der Waals surface area contributed by atoms with Crippen LogP contribution in [0.3, 0.4) is 0 Å². The van der Waals surface area contributed by atoms with Gasteiger partial charge in [-0.15, -0.1) is 0 Å². The van der Waals surface area contributed by atoms with E-state index in [9.17, 15) is 14.7 Å². The van der Waals surface area contributed by atoms with Gasteiger partial charge in [0.05, 0.1) is 10.7 Å². The van der Waals surface area contributed by atoms with E-state index < -0.39 is 0 Å². The number of phenols is 1. The number of hydrogen-bond acceptors (Lipinski definition) is 5. The first-order valence-electron chi connectivity index (χ1n) is 9.26. The van der Waals surface area contributed by atoms with Gasteiger partial charge in [0, 0.05) is 18.9 Å². The molecule has 152 valence electrons. The van der Waals surface area contributed by atoms with E-state index in [-0.39, 0.29) is 30.2 Å². The van der Waals surface area contributed by atoms with Crippen LogP contribution >= 0.6 is 11.6 Å². The summed E-state index contributed by atoms with van der Waals surface area (Å²) in [5.41, 5.74) is 5.01. The number of hydrogen-bond donors (Lipinski definition) is 3. The third kappa shape index (κ3) is 5.96. The lowest BCUT2D eigenvalue weighted by molar-refractivity contribution is -0.123. The van der Waals surface area contributed by atoms with Crippen LogP contribution in [-0.2, 0) is 16.0 Å². The molecule has 3 N–H and O–H groups in total. The second-order valence-corrected chi connectivity index (χ2v) is 7.27. The largest absolute Gasteiger partial charge is 0.508 e. The molecule has 1 atom stereocenters. The Labute approximate surface area is 173 Å². The van der Waals surface area contributed by atoms with Gasteiger partial charge in [0.15, 0.2) is 6.61 Å². The van der Waals surface area contributed by atoms with E-state index in [2.05, 4.69) is 15.8 Å². The van der Waals surface area contributed by atoms with Crippen molar-refractivity contribution in [1.82, 2.24) is 10.7 Å². The quantitative estimate of drug-likeness (QED) is 0.647. The molecule has 2 aromatic rings. The summed E-state index contributed by atoms with van der Waals surface area (Å²) in [6, 6.07) is 12.0. The Balaban J connectivity index is 1.50. The molecule has 7 nitrogen and oxygen atoms in total. The molecule has 29 heavy (non-hydrogen) atoms. The van der Waals surface area contributed by atoms with E-state index in [1.54, 1.807) is 30.3 Å². The van der Waals surface area contributed by atoms with Crippen LogP contribution in [0, 0.1) is 0 Å². The first-order chi connectivity index (χ1) is 13.9. The van der Waals surface area contributed by atoms with Gasteiger partial charge in [-0.3, -0.25) is 9.59 Å². The Morgan fingerprint density at radius 1 is 1.28 bits per heavy atom. The Morgan fingerprint density at radius 2 is 2.03 bits per heavy atom. The highest BCUT2D eigenvalue weighted by Crippen LogP contribution is 2.26. The molecule has 0 radical (unpaired) electrons. The molecule has 0 aliphatic carbocycles. The summed E-state index contributed by atoms with van der Waals surface area (Å²) in [5.74, 6) is 0.250. The number of rotatable bonds is 7. The van der Waals surface area contributed by atoms with Crippen LogP contribution in [0.2, 0.25) is 5.02 Å². The van der Waals surface area contributed by atoms with Crippen molar-refractivity contribution in [3.05, 3.63) is 58.6 Å². The predicted molar refractivity (Wildman–Crippen MR) is 110 cm³/mol. The van der Waals surface area contributed by atoms with E-state index in [0.29, 0.717) is 30.0 Å². The van der Waals surface area contributed by atoms with E-state index >= 15 is 0 Å². The summed E-state index contributed by atoms with van der Waals surface area (Å²) >= 11 is 6.27. The van der Waals surface area contributed by atoms with Crippen molar-refractivity contribution in [3.63, 3.8) is 0 Å². The summed E-state index contributed by atoms with van der Waals surface area (Å²) in [7, 11) is 0. The standard InChI is InChI=1S/C21H22ClN3O4/c1-13(10-14-2-5-16(26)6-3-14)23-21(28)12-29-19-8-4-15(11-17(19)22)18-7-9-20(27)25-24-18/h2-6,8,11,13,26H,7,9-10,12H2,1H3,(H,23,28)(H,25,27). The van der Waals surface area contributed by atoms with Crippen LogP contribution < -0.4 is 15.5 Å². The van der Waals surface area contributed by atoms with Crippen molar-refractivity contribution in [2.45, 2.75) is 32.2 Å². The molecule has 0 spiro atoms. The first-order valence-corrected chi connectivity index (χ1v) is 9.64.